The van der Waals surface area contributed by atoms with Crippen LogP contribution in [0.3, 0.4) is 0 Å². The maximum atomic E-state index is 12.6. The van der Waals surface area contributed by atoms with E-state index >= 15 is 0 Å². The van der Waals surface area contributed by atoms with E-state index < -0.39 is 0 Å². The minimum atomic E-state index is -0.216. The highest BCUT2D eigenvalue weighted by Gasteiger charge is 2.30. The van der Waals surface area contributed by atoms with E-state index in [-0.39, 0.29) is 17.7 Å². The highest BCUT2D eigenvalue weighted by molar-refractivity contribution is 5.78. The largest absolute Gasteiger partial charge is 0.369 e. The Morgan fingerprint density at radius 2 is 1.84 bits per heavy atom. The van der Waals surface area contributed by atoms with E-state index in [2.05, 4.69) is 30.3 Å². The summed E-state index contributed by atoms with van der Waals surface area (Å²) in [6, 6.07) is 10.6. The number of carbonyl (C=O) groups excluding carboxylic acids is 2. The van der Waals surface area contributed by atoms with Crippen LogP contribution in [0.1, 0.15) is 31.2 Å². The van der Waals surface area contributed by atoms with Crippen molar-refractivity contribution in [3.63, 3.8) is 0 Å². The van der Waals surface area contributed by atoms with E-state index in [1.807, 2.05) is 4.90 Å². The van der Waals surface area contributed by atoms with E-state index in [0.717, 1.165) is 51.7 Å². The van der Waals surface area contributed by atoms with Gasteiger partial charge in [0.25, 0.3) is 5.91 Å². The van der Waals surface area contributed by atoms with E-state index in [9.17, 15) is 9.59 Å². The predicted octanol–water partition coefficient (Wildman–Crippen LogP) is 0.248. The van der Waals surface area contributed by atoms with Crippen molar-refractivity contribution in [1.29, 1.82) is 0 Å². The Labute approximate surface area is 150 Å². The number of quaternary nitrogens is 1. The van der Waals surface area contributed by atoms with E-state index in [4.69, 9.17) is 5.73 Å². The van der Waals surface area contributed by atoms with Crippen molar-refractivity contribution in [3.8, 4) is 0 Å². The molecule has 0 aliphatic carbocycles. The fourth-order valence-corrected chi connectivity index (χ4v) is 4.21. The molecule has 3 rings (SSSR count). The van der Waals surface area contributed by atoms with Crippen LogP contribution in [-0.4, -0.2) is 49.4 Å². The number of hydrogen-bond acceptors (Lipinski definition) is 2. The zero-order valence-corrected chi connectivity index (χ0v) is 15.0. The summed E-state index contributed by atoms with van der Waals surface area (Å²) in [5, 5.41) is 0. The Bertz CT molecular complexity index is 582. The van der Waals surface area contributed by atoms with Crippen LogP contribution in [0.15, 0.2) is 30.3 Å². The molecule has 25 heavy (non-hydrogen) atoms. The maximum Gasteiger partial charge on any atom is 0.277 e. The molecule has 0 spiro atoms. The molecule has 1 aromatic carbocycles. The highest BCUT2D eigenvalue weighted by Crippen LogP contribution is 2.21. The van der Waals surface area contributed by atoms with Gasteiger partial charge in [-0.25, -0.2) is 0 Å². The molecule has 2 atom stereocenters. The average Bonchev–Trinajstić information content (AvgIpc) is 2.63. The number of carbonyl (C=O) groups is 2. The van der Waals surface area contributed by atoms with Crippen molar-refractivity contribution >= 4 is 11.8 Å². The lowest BCUT2D eigenvalue weighted by molar-refractivity contribution is -0.899. The van der Waals surface area contributed by atoms with Gasteiger partial charge in [-0.1, -0.05) is 30.3 Å². The zero-order valence-electron chi connectivity index (χ0n) is 15.0. The molecule has 1 aromatic rings. The Morgan fingerprint density at radius 1 is 1.12 bits per heavy atom. The van der Waals surface area contributed by atoms with Crippen molar-refractivity contribution in [2.75, 3.05) is 32.7 Å². The number of nitrogens with zero attached hydrogens (tertiary/aromatic N) is 1. The van der Waals surface area contributed by atoms with Crippen LogP contribution in [0.2, 0.25) is 0 Å². The minimum absolute atomic E-state index is 0.0619. The summed E-state index contributed by atoms with van der Waals surface area (Å²) in [4.78, 5) is 27.2. The number of benzene rings is 1. The van der Waals surface area contributed by atoms with E-state index in [1.54, 1.807) is 0 Å². The molecule has 2 fully saturated rings. The molecule has 136 valence electrons. The van der Waals surface area contributed by atoms with Crippen molar-refractivity contribution in [2.45, 2.75) is 32.1 Å². The van der Waals surface area contributed by atoms with Gasteiger partial charge in [0, 0.05) is 13.1 Å². The highest BCUT2D eigenvalue weighted by atomic mass is 16.2. The lowest BCUT2D eigenvalue weighted by Gasteiger charge is -2.34. The second-order valence-corrected chi connectivity index (χ2v) is 7.64. The average molecular weight is 344 g/mol. The van der Waals surface area contributed by atoms with Crippen LogP contribution in [0.4, 0.5) is 0 Å². The Balaban J connectivity index is 1.43. The molecule has 2 aliphatic rings. The quantitative estimate of drug-likeness (QED) is 0.804. The Morgan fingerprint density at radius 3 is 2.52 bits per heavy atom. The third kappa shape index (κ3) is 5.05. The number of amides is 2. The van der Waals surface area contributed by atoms with Gasteiger partial charge < -0.3 is 15.5 Å². The van der Waals surface area contributed by atoms with Crippen molar-refractivity contribution in [3.05, 3.63) is 35.9 Å². The lowest BCUT2D eigenvalue weighted by atomic mass is 9.90. The molecule has 0 saturated carbocycles. The van der Waals surface area contributed by atoms with Gasteiger partial charge in [-0.15, -0.1) is 0 Å². The topological polar surface area (TPSA) is 67.8 Å². The van der Waals surface area contributed by atoms with Crippen LogP contribution in [0.5, 0.6) is 0 Å². The van der Waals surface area contributed by atoms with Gasteiger partial charge in [0.05, 0.1) is 19.0 Å². The van der Waals surface area contributed by atoms with Crippen molar-refractivity contribution in [2.24, 2.45) is 17.6 Å². The number of nitrogens with two attached hydrogens (primary N) is 1. The SMILES string of the molecule is NC(=O)[C@H]1CCC[NH+](CC(=O)N2CCC(Cc3ccccc3)CC2)C1. The summed E-state index contributed by atoms with van der Waals surface area (Å²) in [6.07, 6.45) is 5.13. The molecule has 0 aromatic heterocycles. The van der Waals surface area contributed by atoms with Gasteiger partial charge in [-0.3, -0.25) is 9.59 Å². The molecule has 0 bridgehead atoms. The summed E-state index contributed by atoms with van der Waals surface area (Å²) in [6.45, 7) is 3.92. The fraction of sp³-hybridized carbons (Fsp3) is 0.600. The molecule has 2 heterocycles. The molecule has 2 saturated heterocycles. The first kappa shape index (κ1) is 17.9. The number of nitrogens with one attached hydrogen (secondary N) is 1. The smallest absolute Gasteiger partial charge is 0.277 e. The second-order valence-electron chi connectivity index (χ2n) is 7.64. The molecule has 2 amide bonds. The van der Waals surface area contributed by atoms with Gasteiger partial charge in [0.15, 0.2) is 6.54 Å². The maximum absolute atomic E-state index is 12.6. The standard InChI is InChI=1S/C20H29N3O2/c21-20(25)18-7-4-10-22(14-18)15-19(24)23-11-8-17(9-12-23)13-16-5-2-1-3-6-16/h1-3,5-6,17-18H,4,7-15H2,(H2,21,25)/p+1/t18-/m0/s1. The third-order valence-electron chi connectivity index (χ3n) is 5.76. The number of piperidine rings is 2. The number of primary amides is 1. The molecule has 0 radical (unpaired) electrons. The van der Waals surface area contributed by atoms with Gasteiger partial charge in [-0.2, -0.15) is 0 Å². The Hall–Kier alpha value is -1.88. The third-order valence-corrected chi connectivity index (χ3v) is 5.76. The first-order valence-corrected chi connectivity index (χ1v) is 9.56. The van der Waals surface area contributed by atoms with Gasteiger partial charge in [-0.05, 0) is 43.6 Å². The molecular formula is C20H30N3O2+. The summed E-state index contributed by atoms with van der Waals surface area (Å²) in [5.41, 5.74) is 6.83. The molecule has 1 unspecified atom stereocenters. The molecule has 5 heteroatoms. The second kappa shape index (κ2) is 8.48. The molecule has 2 aliphatic heterocycles. The van der Waals surface area contributed by atoms with Crippen LogP contribution in [-0.2, 0) is 16.0 Å². The van der Waals surface area contributed by atoms with Crippen molar-refractivity contribution < 1.29 is 14.5 Å². The minimum Gasteiger partial charge on any atom is -0.369 e. The summed E-state index contributed by atoms with van der Waals surface area (Å²) >= 11 is 0. The first-order chi connectivity index (χ1) is 12.1. The van der Waals surface area contributed by atoms with E-state index in [1.165, 1.54) is 10.5 Å². The first-order valence-electron chi connectivity index (χ1n) is 9.56. The summed E-state index contributed by atoms with van der Waals surface area (Å²) in [5.74, 6) is 0.630. The normalized spacial score (nSPS) is 24.9. The summed E-state index contributed by atoms with van der Waals surface area (Å²) < 4.78 is 0. The summed E-state index contributed by atoms with van der Waals surface area (Å²) in [7, 11) is 0. The monoisotopic (exact) mass is 344 g/mol. The lowest BCUT2D eigenvalue weighted by Crippen LogP contribution is -3.15. The number of rotatable bonds is 5. The zero-order chi connectivity index (χ0) is 17.6. The molecule has 5 nitrogen and oxygen atoms in total. The van der Waals surface area contributed by atoms with Gasteiger partial charge >= 0.3 is 0 Å². The number of likely N-dealkylation sites (tertiary alicyclic amines) is 2. The van der Waals surface area contributed by atoms with E-state index in [0.29, 0.717) is 19.0 Å². The number of hydrogen-bond donors (Lipinski definition) is 2. The molecular weight excluding hydrogens is 314 g/mol. The van der Waals surface area contributed by atoms with Gasteiger partial charge in [0.1, 0.15) is 0 Å². The predicted molar refractivity (Wildman–Crippen MR) is 96.9 cm³/mol. The van der Waals surface area contributed by atoms with Crippen LogP contribution in [0.25, 0.3) is 0 Å². The van der Waals surface area contributed by atoms with Gasteiger partial charge in [0.2, 0.25) is 5.91 Å². The Kier molecular flexibility index (Phi) is 6.08. The molecule has 3 N–H and O–H groups in total. The van der Waals surface area contributed by atoms with Crippen molar-refractivity contribution in [1.82, 2.24) is 4.90 Å². The van der Waals surface area contributed by atoms with Crippen LogP contribution < -0.4 is 10.6 Å². The fourth-order valence-electron chi connectivity index (χ4n) is 4.21. The van der Waals surface area contributed by atoms with Crippen LogP contribution in [0, 0.1) is 11.8 Å². The van der Waals surface area contributed by atoms with Crippen LogP contribution >= 0.6 is 0 Å².